The van der Waals surface area contributed by atoms with Crippen molar-refractivity contribution in [3.8, 4) is 0 Å². The normalized spacial score (nSPS) is 19.9. The van der Waals surface area contributed by atoms with Crippen molar-refractivity contribution in [1.29, 1.82) is 0 Å². The van der Waals surface area contributed by atoms with Crippen LogP contribution in [0.1, 0.15) is 33.0 Å². The molecule has 0 spiro atoms. The number of nitrogens with zero attached hydrogens (tertiary/aromatic N) is 4. The van der Waals surface area contributed by atoms with Gasteiger partial charge in [-0.1, -0.05) is 0 Å². The second-order valence-corrected chi connectivity index (χ2v) is 6.36. The van der Waals surface area contributed by atoms with E-state index in [1.165, 1.54) is 0 Å². The van der Waals surface area contributed by atoms with Crippen molar-refractivity contribution in [1.82, 2.24) is 9.97 Å². The molecule has 2 heterocycles. The standard InChI is InChI=1S/C14H25N5/c1-10-16-12(18(5)14(2,3)4)8-13(17-10)19-7-6-11(15)9-19/h8,11H,6-7,9,15H2,1-5H3. The van der Waals surface area contributed by atoms with Crippen molar-refractivity contribution in [2.45, 2.75) is 45.7 Å². The summed E-state index contributed by atoms with van der Waals surface area (Å²) in [6, 6.07) is 2.33. The molecular weight excluding hydrogens is 238 g/mol. The van der Waals surface area contributed by atoms with Crippen LogP contribution in [-0.4, -0.2) is 41.7 Å². The van der Waals surface area contributed by atoms with E-state index in [0.29, 0.717) is 0 Å². The van der Waals surface area contributed by atoms with Crippen LogP contribution in [0.5, 0.6) is 0 Å². The molecule has 1 atom stereocenters. The van der Waals surface area contributed by atoms with Crippen LogP contribution in [0.4, 0.5) is 11.6 Å². The van der Waals surface area contributed by atoms with Gasteiger partial charge in [-0.2, -0.15) is 0 Å². The van der Waals surface area contributed by atoms with Crippen molar-refractivity contribution < 1.29 is 0 Å². The first-order valence-electron chi connectivity index (χ1n) is 6.87. The Hall–Kier alpha value is -1.36. The molecule has 5 heteroatoms. The van der Waals surface area contributed by atoms with E-state index in [1.54, 1.807) is 0 Å². The summed E-state index contributed by atoms with van der Waals surface area (Å²) in [5.74, 6) is 2.77. The SMILES string of the molecule is Cc1nc(N2CCC(N)C2)cc(N(C)C(C)(C)C)n1. The molecular formula is C14H25N5. The molecule has 0 bridgehead atoms. The quantitative estimate of drug-likeness (QED) is 0.877. The van der Waals surface area contributed by atoms with E-state index in [2.05, 4.69) is 53.7 Å². The molecule has 0 radical (unpaired) electrons. The van der Waals surface area contributed by atoms with E-state index < -0.39 is 0 Å². The Morgan fingerprint density at radius 3 is 2.58 bits per heavy atom. The molecule has 0 aliphatic carbocycles. The Bertz CT molecular complexity index is 452. The monoisotopic (exact) mass is 263 g/mol. The molecule has 0 saturated carbocycles. The predicted molar refractivity (Wildman–Crippen MR) is 79.7 cm³/mol. The van der Waals surface area contributed by atoms with Crippen molar-refractivity contribution in [3.05, 3.63) is 11.9 Å². The van der Waals surface area contributed by atoms with Gasteiger partial charge in [0.15, 0.2) is 0 Å². The summed E-state index contributed by atoms with van der Waals surface area (Å²) in [7, 11) is 2.07. The highest BCUT2D eigenvalue weighted by molar-refractivity contribution is 5.52. The summed E-state index contributed by atoms with van der Waals surface area (Å²) in [4.78, 5) is 13.5. The minimum atomic E-state index is 0.0411. The molecule has 1 aromatic rings. The molecule has 0 aromatic carbocycles. The van der Waals surface area contributed by atoms with Crippen LogP contribution >= 0.6 is 0 Å². The first-order chi connectivity index (χ1) is 8.77. The van der Waals surface area contributed by atoms with E-state index in [0.717, 1.165) is 37.0 Å². The Morgan fingerprint density at radius 2 is 2.05 bits per heavy atom. The van der Waals surface area contributed by atoms with Crippen LogP contribution in [-0.2, 0) is 0 Å². The molecule has 106 valence electrons. The van der Waals surface area contributed by atoms with Crippen molar-refractivity contribution in [2.24, 2.45) is 5.73 Å². The maximum atomic E-state index is 5.97. The molecule has 1 saturated heterocycles. The average molecular weight is 263 g/mol. The largest absolute Gasteiger partial charge is 0.355 e. The molecule has 1 aliphatic rings. The minimum Gasteiger partial charge on any atom is -0.355 e. The molecule has 19 heavy (non-hydrogen) atoms. The number of nitrogens with two attached hydrogens (primary N) is 1. The number of hydrogen-bond donors (Lipinski definition) is 1. The average Bonchev–Trinajstić information content (AvgIpc) is 2.73. The smallest absolute Gasteiger partial charge is 0.134 e. The summed E-state index contributed by atoms with van der Waals surface area (Å²) in [5.41, 5.74) is 6.01. The molecule has 1 unspecified atom stereocenters. The highest BCUT2D eigenvalue weighted by atomic mass is 15.3. The zero-order valence-electron chi connectivity index (χ0n) is 12.6. The van der Waals surface area contributed by atoms with E-state index in [9.17, 15) is 0 Å². The predicted octanol–water partition coefficient (Wildman–Crippen LogP) is 1.56. The molecule has 2 N–H and O–H groups in total. The first-order valence-corrected chi connectivity index (χ1v) is 6.87. The summed E-state index contributed by atoms with van der Waals surface area (Å²) in [5, 5.41) is 0. The maximum absolute atomic E-state index is 5.97. The van der Waals surface area contributed by atoms with E-state index >= 15 is 0 Å². The van der Waals surface area contributed by atoms with Crippen molar-refractivity contribution in [2.75, 3.05) is 29.9 Å². The molecule has 1 aromatic heterocycles. The second kappa shape index (κ2) is 4.96. The van der Waals surface area contributed by atoms with Crippen molar-refractivity contribution in [3.63, 3.8) is 0 Å². The van der Waals surface area contributed by atoms with Crippen LogP contribution < -0.4 is 15.5 Å². The third kappa shape index (κ3) is 3.15. The Balaban J connectivity index is 2.30. The van der Waals surface area contributed by atoms with Gasteiger partial charge in [0.05, 0.1) is 0 Å². The number of anilines is 2. The fourth-order valence-corrected chi connectivity index (χ4v) is 2.21. The summed E-state index contributed by atoms with van der Waals surface area (Å²) >= 11 is 0. The third-order valence-electron chi connectivity index (χ3n) is 3.71. The number of hydrogen-bond acceptors (Lipinski definition) is 5. The highest BCUT2D eigenvalue weighted by Crippen LogP contribution is 2.25. The fourth-order valence-electron chi connectivity index (χ4n) is 2.21. The highest BCUT2D eigenvalue weighted by Gasteiger charge is 2.23. The lowest BCUT2D eigenvalue weighted by atomic mass is 10.1. The van der Waals surface area contributed by atoms with Crippen molar-refractivity contribution >= 4 is 11.6 Å². The van der Waals surface area contributed by atoms with Gasteiger partial charge < -0.3 is 15.5 Å². The lowest BCUT2D eigenvalue weighted by molar-refractivity contribution is 0.533. The maximum Gasteiger partial charge on any atom is 0.134 e. The van der Waals surface area contributed by atoms with E-state index in [4.69, 9.17) is 5.73 Å². The summed E-state index contributed by atoms with van der Waals surface area (Å²) in [6.07, 6.45) is 1.04. The van der Waals surface area contributed by atoms with Gasteiger partial charge >= 0.3 is 0 Å². The Labute approximate surface area is 115 Å². The topological polar surface area (TPSA) is 58.3 Å². The minimum absolute atomic E-state index is 0.0411. The molecule has 5 nitrogen and oxygen atoms in total. The van der Waals surface area contributed by atoms with Crippen LogP contribution in [0, 0.1) is 6.92 Å². The van der Waals surface area contributed by atoms with Gasteiger partial charge in [-0.25, -0.2) is 9.97 Å². The molecule has 2 rings (SSSR count). The third-order valence-corrected chi connectivity index (χ3v) is 3.71. The Kier molecular flexibility index (Phi) is 3.67. The van der Waals surface area contributed by atoms with Gasteiger partial charge in [-0.3, -0.25) is 0 Å². The van der Waals surface area contributed by atoms with Crippen LogP contribution in [0.25, 0.3) is 0 Å². The first kappa shape index (κ1) is 14.1. The lowest BCUT2D eigenvalue weighted by Crippen LogP contribution is -2.39. The number of aryl methyl sites for hydroxylation is 1. The van der Waals surface area contributed by atoms with Gasteiger partial charge in [-0.15, -0.1) is 0 Å². The van der Waals surface area contributed by atoms with Gasteiger partial charge in [0.25, 0.3) is 0 Å². The number of rotatable bonds is 2. The van der Waals surface area contributed by atoms with Crippen LogP contribution in [0.3, 0.4) is 0 Å². The number of aromatic nitrogens is 2. The zero-order chi connectivity index (χ0) is 14.2. The van der Waals surface area contributed by atoms with Gasteiger partial charge in [0.2, 0.25) is 0 Å². The van der Waals surface area contributed by atoms with Gasteiger partial charge in [0, 0.05) is 37.8 Å². The van der Waals surface area contributed by atoms with Crippen LogP contribution in [0.2, 0.25) is 0 Å². The lowest BCUT2D eigenvalue weighted by Gasteiger charge is -2.33. The fraction of sp³-hybridized carbons (Fsp3) is 0.714. The summed E-state index contributed by atoms with van der Waals surface area (Å²) in [6.45, 7) is 10.3. The van der Waals surface area contributed by atoms with E-state index in [-0.39, 0.29) is 11.6 Å². The van der Waals surface area contributed by atoms with Crippen LogP contribution in [0.15, 0.2) is 6.07 Å². The second-order valence-electron chi connectivity index (χ2n) is 6.36. The van der Waals surface area contributed by atoms with Gasteiger partial charge in [-0.05, 0) is 34.1 Å². The Morgan fingerprint density at radius 1 is 1.37 bits per heavy atom. The molecule has 1 fully saturated rings. The van der Waals surface area contributed by atoms with Gasteiger partial charge in [0.1, 0.15) is 17.5 Å². The molecule has 0 amide bonds. The van der Waals surface area contributed by atoms with E-state index in [1.807, 2.05) is 6.92 Å². The molecule has 1 aliphatic heterocycles. The zero-order valence-corrected chi connectivity index (χ0v) is 12.6. The summed E-state index contributed by atoms with van der Waals surface area (Å²) < 4.78 is 0.